The van der Waals surface area contributed by atoms with Crippen molar-refractivity contribution in [2.75, 3.05) is 5.32 Å². The SMILES string of the molecule is O=C1Cc2cc(C(=O)c3ccc(Cl)c(F)c3)ccc2N1. The van der Waals surface area contributed by atoms with Gasteiger partial charge in [0.05, 0.1) is 11.4 Å². The summed E-state index contributed by atoms with van der Waals surface area (Å²) in [7, 11) is 0. The quantitative estimate of drug-likeness (QED) is 0.863. The van der Waals surface area contributed by atoms with E-state index in [1.165, 1.54) is 12.1 Å². The molecule has 0 atom stereocenters. The third-order valence-electron chi connectivity index (χ3n) is 3.17. The molecular formula is C15H9ClFNO2. The molecule has 1 heterocycles. The Labute approximate surface area is 119 Å². The molecule has 0 fully saturated rings. The van der Waals surface area contributed by atoms with Gasteiger partial charge in [-0.15, -0.1) is 0 Å². The second-order valence-electron chi connectivity index (χ2n) is 4.55. The van der Waals surface area contributed by atoms with Gasteiger partial charge in [0.25, 0.3) is 0 Å². The normalized spacial score (nSPS) is 13.0. The zero-order valence-corrected chi connectivity index (χ0v) is 11.0. The first-order chi connectivity index (χ1) is 9.54. The zero-order valence-electron chi connectivity index (χ0n) is 10.2. The van der Waals surface area contributed by atoms with Crippen LogP contribution in [0.2, 0.25) is 5.02 Å². The van der Waals surface area contributed by atoms with E-state index >= 15 is 0 Å². The van der Waals surface area contributed by atoms with Gasteiger partial charge < -0.3 is 5.32 Å². The molecule has 3 nitrogen and oxygen atoms in total. The molecule has 2 aromatic carbocycles. The zero-order chi connectivity index (χ0) is 14.3. The third kappa shape index (κ3) is 2.18. The van der Waals surface area contributed by atoms with Gasteiger partial charge in [-0.05, 0) is 42.0 Å². The molecule has 1 aliphatic heterocycles. The van der Waals surface area contributed by atoms with Gasteiger partial charge in [-0.2, -0.15) is 0 Å². The molecule has 0 saturated heterocycles. The molecule has 0 aromatic heterocycles. The van der Waals surface area contributed by atoms with Crippen molar-refractivity contribution in [1.29, 1.82) is 0 Å². The van der Waals surface area contributed by atoms with Crippen molar-refractivity contribution < 1.29 is 14.0 Å². The third-order valence-corrected chi connectivity index (χ3v) is 3.48. The first-order valence-electron chi connectivity index (χ1n) is 5.97. The Bertz CT molecular complexity index is 743. The van der Waals surface area contributed by atoms with Crippen molar-refractivity contribution >= 4 is 29.0 Å². The van der Waals surface area contributed by atoms with E-state index in [9.17, 15) is 14.0 Å². The number of rotatable bonds is 2. The Hall–Kier alpha value is -2.20. The Balaban J connectivity index is 1.97. The summed E-state index contributed by atoms with van der Waals surface area (Å²) in [4.78, 5) is 23.5. The van der Waals surface area contributed by atoms with Crippen molar-refractivity contribution in [2.24, 2.45) is 0 Å². The van der Waals surface area contributed by atoms with E-state index in [0.717, 1.165) is 11.6 Å². The molecule has 0 saturated carbocycles. The van der Waals surface area contributed by atoms with Gasteiger partial charge in [-0.1, -0.05) is 11.6 Å². The van der Waals surface area contributed by atoms with Gasteiger partial charge in [0.2, 0.25) is 5.91 Å². The van der Waals surface area contributed by atoms with Crippen LogP contribution in [0, 0.1) is 5.82 Å². The van der Waals surface area contributed by atoms with Crippen LogP contribution in [0.15, 0.2) is 36.4 Å². The molecule has 100 valence electrons. The summed E-state index contributed by atoms with van der Waals surface area (Å²) >= 11 is 5.59. The first-order valence-corrected chi connectivity index (χ1v) is 6.35. The lowest BCUT2D eigenvalue weighted by molar-refractivity contribution is -0.115. The van der Waals surface area contributed by atoms with E-state index in [-0.39, 0.29) is 28.7 Å². The maximum atomic E-state index is 13.4. The number of hydrogen-bond acceptors (Lipinski definition) is 2. The maximum Gasteiger partial charge on any atom is 0.228 e. The molecule has 0 aliphatic carbocycles. The number of hydrogen-bond donors (Lipinski definition) is 1. The maximum absolute atomic E-state index is 13.4. The Morgan fingerprint density at radius 2 is 1.85 bits per heavy atom. The fourth-order valence-corrected chi connectivity index (χ4v) is 2.29. The number of benzene rings is 2. The van der Waals surface area contributed by atoms with E-state index in [4.69, 9.17) is 11.6 Å². The summed E-state index contributed by atoms with van der Waals surface area (Å²) < 4.78 is 13.4. The van der Waals surface area contributed by atoms with Crippen LogP contribution < -0.4 is 5.32 Å². The number of amides is 1. The van der Waals surface area contributed by atoms with Crippen molar-refractivity contribution in [2.45, 2.75) is 6.42 Å². The molecule has 1 amide bonds. The molecule has 3 rings (SSSR count). The number of carbonyl (C=O) groups is 2. The Kier molecular flexibility index (Phi) is 3.03. The highest BCUT2D eigenvalue weighted by molar-refractivity contribution is 6.30. The average Bonchev–Trinajstić information content (AvgIpc) is 2.80. The molecule has 2 aromatic rings. The van der Waals surface area contributed by atoms with E-state index in [2.05, 4.69) is 5.32 Å². The van der Waals surface area contributed by atoms with Crippen molar-refractivity contribution in [3.05, 3.63) is 63.9 Å². The molecule has 5 heteroatoms. The average molecular weight is 290 g/mol. The number of fused-ring (bicyclic) bond motifs is 1. The highest BCUT2D eigenvalue weighted by Gasteiger charge is 2.20. The van der Waals surface area contributed by atoms with Crippen molar-refractivity contribution in [3.63, 3.8) is 0 Å². The van der Waals surface area contributed by atoms with E-state index in [0.29, 0.717) is 11.3 Å². The van der Waals surface area contributed by atoms with E-state index in [1.54, 1.807) is 18.2 Å². The number of carbonyl (C=O) groups excluding carboxylic acids is 2. The number of ketones is 1. The molecular weight excluding hydrogens is 281 g/mol. The molecule has 20 heavy (non-hydrogen) atoms. The van der Waals surface area contributed by atoms with Crippen LogP contribution in [-0.4, -0.2) is 11.7 Å². The summed E-state index contributed by atoms with van der Waals surface area (Å²) in [5, 5.41) is 2.67. The summed E-state index contributed by atoms with van der Waals surface area (Å²) in [6.07, 6.45) is 0.255. The topological polar surface area (TPSA) is 46.2 Å². The Morgan fingerprint density at radius 1 is 1.15 bits per heavy atom. The smallest absolute Gasteiger partial charge is 0.228 e. The predicted molar refractivity (Wildman–Crippen MR) is 73.6 cm³/mol. The summed E-state index contributed by atoms with van der Waals surface area (Å²) in [5.74, 6) is -1.03. The summed E-state index contributed by atoms with van der Waals surface area (Å²) in [6, 6.07) is 8.88. The second-order valence-corrected chi connectivity index (χ2v) is 4.96. The molecule has 1 N–H and O–H groups in total. The lowest BCUT2D eigenvalue weighted by Gasteiger charge is -2.04. The van der Waals surface area contributed by atoms with Crippen LogP contribution in [0.25, 0.3) is 0 Å². The highest BCUT2D eigenvalue weighted by atomic mass is 35.5. The van der Waals surface area contributed by atoms with Crippen molar-refractivity contribution in [3.8, 4) is 0 Å². The first kappa shape index (κ1) is 12.8. The van der Waals surface area contributed by atoms with Gasteiger partial charge in [0.15, 0.2) is 5.78 Å². The van der Waals surface area contributed by atoms with Crippen LogP contribution in [0.1, 0.15) is 21.5 Å². The van der Waals surface area contributed by atoms with Crippen molar-refractivity contribution in [1.82, 2.24) is 0 Å². The van der Waals surface area contributed by atoms with Gasteiger partial charge in [0, 0.05) is 16.8 Å². The number of anilines is 1. The van der Waals surface area contributed by atoms with Gasteiger partial charge in [0.1, 0.15) is 5.82 Å². The predicted octanol–water partition coefficient (Wildman–Crippen LogP) is 3.20. The van der Waals surface area contributed by atoms with E-state index in [1.807, 2.05) is 0 Å². The molecule has 0 unspecified atom stereocenters. The highest BCUT2D eigenvalue weighted by Crippen LogP contribution is 2.25. The summed E-state index contributed by atoms with van der Waals surface area (Å²) in [6.45, 7) is 0. The van der Waals surface area contributed by atoms with E-state index < -0.39 is 5.82 Å². The fraction of sp³-hybridized carbons (Fsp3) is 0.0667. The largest absolute Gasteiger partial charge is 0.326 e. The minimum atomic E-state index is -0.629. The minimum Gasteiger partial charge on any atom is -0.326 e. The van der Waals surface area contributed by atoms with Crippen LogP contribution in [-0.2, 0) is 11.2 Å². The Morgan fingerprint density at radius 3 is 2.60 bits per heavy atom. The minimum absolute atomic E-state index is 0.0229. The number of nitrogens with one attached hydrogen (secondary N) is 1. The lowest BCUT2D eigenvalue weighted by Crippen LogP contribution is -2.03. The number of halogens is 2. The van der Waals surface area contributed by atoms with Gasteiger partial charge in [-0.3, -0.25) is 9.59 Å². The van der Waals surface area contributed by atoms with Crippen LogP contribution in [0.5, 0.6) is 0 Å². The molecule has 0 spiro atoms. The monoisotopic (exact) mass is 289 g/mol. The standard InChI is InChI=1S/C15H9ClFNO2/c16-11-3-1-9(6-12(11)17)15(20)8-2-4-13-10(5-8)7-14(19)18-13/h1-6H,7H2,(H,18,19). The second kappa shape index (κ2) is 4.72. The molecule has 0 radical (unpaired) electrons. The van der Waals surface area contributed by atoms with Crippen LogP contribution in [0.4, 0.5) is 10.1 Å². The van der Waals surface area contributed by atoms with Crippen LogP contribution >= 0.6 is 11.6 Å². The summed E-state index contributed by atoms with van der Waals surface area (Å²) in [5.41, 5.74) is 2.13. The molecule has 1 aliphatic rings. The van der Waals surface area contributed by atoms with Gasteiger partial charge in [-0.25, -0.2) is 4.39 Å². The van der Waals surface area contributed by atoms with Gasteiger partial charge >= 0.3 is 0 Å². The van der Waals surface area contributed by atoms with Crippen LogP contribution in [0.3, 0.4) is 0 Å². The molecule has 0 bridgehead atoms. The lowest BCUT2D eigenvalue weighted by atomic mass is 10.0. The fourth-order valence-electron chi connectivity index (χ4n) is 2.17.